The van der Waals surface area contributed by atoms with Crippen LogP contribution in [-0.2, 0) is 0 Å². The molecule has 0 aromatic rings. The van der Waals surface area contributed by atoms with Crippen LogP contribution in [0.15, 0.2) is 0 Å². The number of alkyl halides is 2. The number of halogens is 2. The van der Waals surface area contributed by atoms with Gasteiger partial charge in [0.25, 0.3) is 0 Å². The summed E-state index contributed by atoms with van der Waals surface area (Å²) < 4.78 is 25.8. The smallest absolute Gasteiger partial charge is 0.248 e. The molecular formula is C9H17F2NS. The minimum atomic E-state index is -2.43. The minimum absolute atomic E-state index is 0.0128. The van der Waals surface area contributed by atoms with Crippen LogP contribution in [0.1, 0.15) is 25.7 Å². The third-order valence-electron chi connectivity index (χ3n) is 2.93. The van der Waals surface area contributed by atoms with Crippen molar-refractivity contribution in [1.29, 1.82) is 0 Å². The van der Waals surface area contributed by atoms with Gasteiger partial charge in [0.05, 0.1) is 0 Å². The lowest BCUT2D eigenvalue weighted by Gasteiger charge is -2.38. The lowest BCUT2D eigenvalue weighted by molar-refractivity contribution is -0.0605. The first-order chi connectivity index (χ1) is 6.04. The van der Waals surface area contributed by atoms with E-state index >= 15 is 0 Å². The van der Waals surface area contributed by atoms with Crippen LogP contribution in [0, 0.1) is 5.41 Å². The largest absolute Gasteiger partial charge is 0.330 e. The first kappa shape index (κ1) is 11.2. The maximum Gasteiger partial charge on any atom is 0.248 e. The molecule has 0 aromatic heterocycles. The molecule has 0 atom stereocenters. The fourth-order valence-corrected chi connectivity index (χ4v) is 2.88. The van der Waals surface area contributed by atoms with Crippen molar-refractivity contribution < 1.29 is 8.78 Å². The Bertz CT molecular complexity index is 163. The number of rotatable bonds is 3. The molecule has 1 rings (SSSR count). The van der Waals surface area contributed by atoms with E-state index in [9.17, 15) is 8.78 Å². The third kappa shape index (κ3) is 2.81. The summed E-state index contributed by atoms with van der Waals surface area (Å²) in [6.45, 7) is 0.546. The monoisotopic (exact) mass is 209 g/mol. The molecule has 2 N–H and O–H groups in total. The fourth-order valence-electron chi connectivity index (χ4n) is 1.86. The molecule has 1 saturated carbocycles. The molecule has 0 heterocycles. The summed E-state index contributed by atoms with van der Waals surface area (Å²) in [6, 6.07) is 0. The molecule has 0 aromatic carbocycles. The average Bonchev–Trinajstić information content (AvgIpc) is 2.10. The lowest BCUT2D eigenvalue weighted by atomic mass is 9.74. The summed E-state index contributed by atoms with van der Waals surface area (Å²) in [5.74, 6) is -1.52. The lowest BCUT2D eigenvalue weighted by Crippen LogP contribution is -2.40. The van der Waals surface area contributed by atoms with E-state index in [0.29, 0.717) is 19.4 Å². The van der Waals surface area contributed by atoms with E-state index in [1.165, 1.54) is 0 Å². The molecule has 1 nitrogen and oxygen atoms in total. The Morgan fingerprint density at radius 1 is 1.23 bits per heavy atom. The van der Waals surface area contributed by atoms with Gasteiger partial charge in [-0.15, -0.1) is 0 Å². The van der Waals surface area contributed by atoms with Gasteiger partial charge in [-0.1, -0.05) is 0 Å². The Morgan fingerprint density at radius 2 is 1.77 bits per heavy atom. The molecule has 4 heteroatoms. The van der Waals surface area contributed by atoms with Crippen molar-refractivity contribution in [2.24, 2.45) is 11.1 Å². The summed E-state index contributed by atoms with van der Waals surface area (Å²) in [7, 11) is 0. The molecule has 0 spiro atoms. The summed E-state index contributed by atoms with van der Waals surface area (Å²) in [5.41, 5.74) is 5.64. The number of hydrogen-bond donors (Lipinski definition) is 1. The van der Waals surface area contributed by atoms with Crippen LogP contribution < -0.4 is 5.73 Å². The van der Waals surface area contributed by atoms with Crippen molar-refractivity contribution in [3.8, 4) is 0 Å². The Labute approximate surface area is 82.4 Å². The second kappa shape index (κ2) is 4.13. The molecule has 1 fully saturated rings. The Morgan fingerprint density at radius 3 is 2.15 bits per heavy atom. The normalized spacial score (nSPS) is 25.8. The van der Waals surface area contributed by atoms with Crippen molar-refractivity contribution in [1.82, 2.24) is 0 Å². The van der Waals surface area contributed by atoms with E-state index in [4.69, 9.17) is 5.73 Å². The molecule has 0 radical (unpaired) electrons. The van der Waals surface area contributed by atoms with Crippen LogP contribution in [0.4, 0.5) is 8.78 Å². The molecule has 1 aliphatic rings. The highest BCUT2D eigenvalue weighted by Crippen LogP contribution is 2.44. The fraction of sp³-hybridized carbons (Fsp3) is 1.00. The van der Waals surface area contributed by atoms with Gasteiger partial charge in [-0.2, -0.15) is 11.8 Å². The van der Waals surface area contributed by atoms with Gasteiger partial charge in [0.15, 0.2) is 0 Å². The summed E-state index contributed by atoms with van der Waals surface area (Å²) in [6.07, 6.45) is 3.20. The molecule has 0 amide bonds. The number of thioether (sulfide) groups is 1. The van der Waals surface area contributed by atoms with Crippen molar-refractivity contribution >= 4 is 11.8 Å². The zero-order valence-corrected chi connectivity index (χ0v) is 8.80. The van der Waals surface area contributed by atoms with Gasteiger partial charge in [-0.05, 0) is 36.8 Å². The van der Waals surface area contributed by atoms with E-state index in [0.717, 1.165) is 5.75 Å². The van der Waals surface area contributed by atoms with Crippen LogP contribution in [0.3, 0.4) is 0 Å². The van der Waals surface area contributed by atoms with E-state index < -0.39 is 5.92 Å². The molecule has 0 unspecified atom stereocenters. The molecule has 0 saturated heterocycles. The quantitative estimate of drug-likeness (QED) is 0.773. The van der Waals surface area contributed by atoms with E-state index in [-0.39, 0.29) is 18.3 Å². The maximum absolute atomic E-state index is 12.9. The van der Waals surface area contributed by atoms with Crippen LogP contribution >= 0.6 is 11.8 Å². The predicted octanol–water partition coefficient (Wildman–Crippen LogP) is 2.50. The minimum Gasteiger partial charge on any atom is -0.330 e. The predicted molar refractivity (Wildman–Crippen MR) is 53.3 cm³/mol. The van der Waals surface area contributed by atoms with Crippen molar-refractivity contribution in [2.45, 2.75) is 31.6 Å². The Balaban J connectivity index is 2.52. The van der Waals surface area contributed by atoms with Gasteiger partial charge in [-0.3, -0.25) is 0 Å². The van der Waals surface area contributed by atoms with Gasteiger partial charge in [0, 0.05) is 12.8 Å². The van der Waals surface area contributed by atoms with Gasteiger partial charge in [0.2, 0.25) is 5.92 Å². The summed E-state index contributed by atoms with van der Waals surface area (Å²) in [4.78, 5) is 0. The van der Waals surface area contributed by atoms with Gasteiger partial charge >= 0.3 is 0 Å². The van der Waals surface area contributed by atoms with E-state index in [2.05, 4.69) is 0 Å². The second-order valence-corrected chi connectivity index (χ2v) is 4.86. The molecule has 1 aliphatic carbocycles. The average molecular weight is 209 g/mol. The zero-order valence-electron chi connectivity index (χ0n) is 7.98. The van der Waals surface area contributed by atoms with Crippen molar-refractivity contribution in [2.75, 3.05) is 18.6 Å². The maximum atomic E-state index is 12.9. The molecule has 13 heavy (non-hydrogen) atoms. The van der Waals surface area contributed by atoms with Gasteiger partial charge in [0.1, 0.15) is 0 Å². The highest BCUT2D eigenvalue weighted by molar-refractivity contribution is 7.98. The highest BCUT2D eigenvalue weighted by Gasteiger charge is 2.42. The number of hydrogen-bond acceptors (Lipinski definition) is 2. The van der Waals surface area contributed by atoms with Crippen molar-refractivity contribution in [3.63, 3.8) is 0 Å². The first-order valence-electron chi connectivity index (χ1n) is 4.60. The van der Waals surface area contributed by atoms with Crippen LogP contribution in [0.25, 0.3) is 0 Å². The second-order valence-electron chi connectivity index (χ2n) is 3.99. The summed E-state index contributed by atoms with van der Waals surface area (Å²) >= 11 is 1.71. The zero-order chi connectivity index (χ0) is 9.95. The molecule has 78 valence electrons. The van der Waals surface area contributed by atoms with Crippen LogP contribution in [0.2, 0.25) is 0 Å². The molecule has 0 bridgehead atoms. The molecular weight excluding hydrogens is 192 g/mol. The highest BCUT2D eigenvalue weighted by atomic mass is 32.2. The Hall–Kier alpha value is 0.170. The Kier molecular flexibility index (Phi) is 3.57. The standard InChI is InChI=1S/C9H17F2NS/c1-13-7-8(6-12)2-4-9(10,11)5-3-8/h2-7,12H2,1H3. The topological polar surface area (TPSA) is 26.0 Å². The SMILES string of the molecule is CSCC1(CN)CCC(F)(F)CC1. The third-order valence-corrected chi connectivity index (χ3v) is 3.83. The molecule has 0 aliphatic heterocycles. The van der Waals surface area contributed by atoms with Gasteiger partial charge < -0.3 is 5.73 Å². The first-order valence-corrected chi connectivity index (χ1v) is 6.00. The van der Waals surface area contributed by atoms with Crippen molar-refractivity contribution in [3.05, 3.63) is 0 Å². The van der Waals surface area contributed by atoms with E-state index in [1.807, 2.05) is 6.26 Å². The van der Waals surface area contributed by atoms with Gasteiger partial charge in [-0.25, -0.2) is 8.78 Å². The summed E-state index contributed by atoms with van der Waals surface area (Å²) in [5, 5.41) is 0. The van der Waals surface area contributed by atoms with Crippen LogP contribution in [0.5, 0.6) is 0 Å². The number of nitrogens with two attached hydrogens (primary N) is 1. The van der Waals surface area contributed by atoms with Crippen LogP contribution in [-0.4, -0.2) is 24.5 Å². The van der Waals surface area contributed by atoms with E-state index in [1.54, 1.807) is 11.8 Å².